The number of hydrogen-bond donors (Lipinski definition) is 2. The number of fused-ring (bicyclic) bond motifs is 1. The third-order valence-corrected chi connectivity index (χ3v) is 6.89. The Hall–Kier alpha value is -2.26. The topological polar surface area (TPSA) is 122 Å². The number of nitrogens with two attached hydrogens (primary N) is 1. The van der Waals surface area contributed by atoms with Crippen LogP contribution in [0.15, 0.2) is 27.9 Å². The number of rotatable bonds is 7. The minimum Gasteiger partial charge on any atom is -0.612 e. The summed E-state index contributed by atoms with van der Waals surface area (Å²) in [6.07, 6.45) is 7.36. The van der Waals surface area contributed by atoms with Gasteiger partial charge in [-0.1, -0.05) is 33.1 Å². The first-order valence-electron chi connectivity index (χ1n) is 10.7. The van der Waals surface area contributed by atoms with Gasteiger partial charge >= 0.3 is 11.7 Å². The molecule has 1 saturated carbocycles. The molecule has 0 bridgehead atoms. The Morgan fingerprint density at radius 1 is 1.23 bits per heavy atom. The highest BCUT2D eigenvalue weighted by Gasteiger charge is 2.26. The van der Waals surface area contributed by atoms with Crippen molar-refractivity contribution in [2.75, 3.05) is 12.8 Å². The molecule has 3 N–H and O–H groups in total. The van der Waals surface area contributed by atoms with E-state index in [1.165, 1.54) is 6.42 Å². The average molecular weight is 449 g/mol. The van der Waals surface area contributed by atoms with Gasteiger partial charge in [-0.15, -0.1) is 0 Å². The summed E-state index contributed by atoms with van der Waals surface area (Å²) in [5.74, 6) is -0.0561. The van der Waals surface area contributed by atoms with Gasteiger partial charge in [0, 0.05) is 25.6 Å². The Labute approximate surface area is 185 Å². The van der Waals surface area contributed by atoms with Gasteiger partial charge in [0.15, 0.2) is 4.90 Å². The van der Waals surface area contributed by atoms with Crippen LogP contribution in [0.3, 0.4) is 0 Å². The zero-order valence-corrected chi connectivity index (χ0v) is 19.3. The summed E-state index contributed by atoms with van der Waals surface area (Å²) in [6, 6.07) is 4.57. The Morgan fingerprint density at radius 3 is 2.52 bits per heavy atom. The quantitative estimate of drug-likeness (QED) is 0.632. The van der Waals surface area contributed by atoms with Crippen LogP contribution in [0.25, 0.3) is 11.0 Å². The molecule has 1 aromatic carbocycles. The van der Waals surface area contributed by atoms with Gasteiger partial charge < -0.3 is 15.6 Å². The van der Waals surface area contributed by atoms with E-state index in [0.29, 0.717) is 28.4 Å². The molecule has 2 aromatic rings. The van der Waals surface area contributed by atoms with Gasteiger partial charge in [-0.3, -0.25) is 9.36 Å². The molecule has 1 aliphatic carbocycles. The summed E-state index contributed by atoms with van der Waals surface area (Å²) in [5, 5.41) is 2.77. The van der Waals surface area contributed by atoms with Crippen molar-refractivity contribution >= 4 is 34.1 Å². The molecular weight excluding hydrogens is 416 g/mol. The molecule has 0 spiro atoms. The van der Waals surface area contributed by atoms with E-state index >= 15 is 0 Å². The van der Waals surface area contributed by atoms with Crippen molar-refractivity contribution in [3.05, 3.63) is 28.7 Å². The highest BCUT2D eigenvalue weighted by molar-refractivity contribution is 7.90. The summed E-state index contributed by atoms with van der Waals surface area (Å²) < 4.78 is 14.8. The maximum Gasteiger partial charge on any atom is 0.337 e. The molecule has 1 aromatic heterocycles. The summed E-state index contributed by atoms with van der Waals surface area (Å²) in [6.45, 7) is 4.40. The molecule has 8 nitrogen and oxygen atoms in total. The van der Waals surface area contributed by atoms with Crippen molar-refractivity contribution in [2.45, 2.75) is 63.8 Å². The first-order valence-corrected chi connectivity index (χ1v) is 12.3. The zero-order valence-electron chi connectivity index (χ0n) is 18.5. The molecule has 0 radical (unpaired) electrons. The zero-order chi connectivity index (χ0) is 22.8. The fraction of sp³-hybridized carbons (Fsp3) is 0.591. The molecule has 1 unspecified atom stereocenters. The number of carbonyl (C=O) groups is 2. The van der Waals surface area contributed by atoms with Crippen LogP contribution in [0.2, 0.25) is 0 Å². The van der Waals surface area contributed by atoms with Crippen LogP contribution in [0.1, 0.15) is 52.4 Å². The minimum absolute atomic E-state index is 0.122. The van der Waals surface area contributed by atoms with E-state index in [9.17, 15) is 18.9 Å². The van der Waals surface area contributed by atoms with Crippen molar-refractivity contribution in [1.82, 2.24) is 14.5 Å². The second-order valence-corrected chi connectivity index (χ2v) is 10.7. The van der Waals surface area contributed by atoms with Crippen LogP contribution in [-0.4, -0.2) is 38.4 Å². The van der Waals surface area contributed by atoms with E-state index in [2.05, 4.69) is 5.32 Å². The van der Waals surface area contributed by atoms with Gasteiger partial charge in [0.2, 0.25) is 5.91 Å². The smallest absolute Gasteiger partial charge is 0.337 e. The van der Waals surface area contributed by atoms with E-state index in [4.69, 9.17) is 5.73 Å². The van der Waals surface area contributed by atoms with Gasteiger partial charge in [-0.05, 0) is 47.5 Å². The van der Waals surface area contributed by atoms with Crippen LogP contribution < -0.4 is 16.7 Å². The van der Waals surface area contributed by atoms with Gasteiger partial charge in [0.05, 0.1) is 11.0 Å². The molecule has 0 saturated heterocycles. The van der Waals surface area contributed by atoms with Crippen molar-refractivity contribution in [3.8, 4) is 0 Å². The van der Waals surface area contributed by atoms with Crippen LogP contribution >= 0.6 is 0 Å². The molecule has 1 aliphatic rings. The third-order valence-electron chi connectivity index (χ3n) is 5.97. The Bertz CT molecular complexity index is 1020. The number of amides is 2. The predicted octanol–water partition coefficient (Wildman–Crippen LogP) is 2.58. The number of nitrogens with one attached hydrogen (secondary N) is 1. The second-order valence-electron chi connectivity index (χ2n) is 9.30. The molecule has 0 aliphatic heterocycles. The summed E-state index contributed by atoms with van der Waals surface area (Å²) in [7, 11) is 0. The van der Waals surface area contributed by atoms with E-state index < -0.39 is 34.2 Å². The predicted molar refractivity (Wildman–Crippen MR) is 121 cm³/mol. The monoisotopic (exact) mass is 448 g/mol. The largest absolute Gasteiger partial charge is 0.612 e. The number of benzene rings is 1. The first kappa shape index (κ1) is 23.4. The van der Waals surface area contributed by atoms with Crippen molar-refractivity contribution < 1.29 is 14.1 Å². The van der Waals surface area contributed by atoms with Crippen LogP contribution in [0.4, 0.5) is 4.79 Å². The summed E-state index contributed by atoms with van der Waals surface area (Å²) >= 11 is -1.20. The third kappa shape index (κ3) is 5.51. The Kier molecular flexibility index (Phi) is 7.16. The summed E-state index contributed by atoms with van der Waals surface area (Å²) in [4.78, 5) is 38.2. The molecule has 1 atom stereocenters. The van der Waals surface area contributed by atoms with Gasteiger partial charge in [0.1, 0.15) is 6.26 Å². The standard InChI is InChI=1S/C22H32N4O4S/c1-22(2,12-19(23)27)14-24-20(28)26-17-10-9-16(31(3)30)11-18(17)25(21(26)29)13-15-7-5-4-6-8-15/h9-11,15H,4-8,12-14H2,1-3H3,(H2,23,27)(H,24,28). The van der Waals surface area contributed by atoms with Gasteiger partial charge in [-0.2, -0.15) is 0 Å². The minimum atomic E-state index is -1.20. The highest BCUT2D eigenvalue weighted by Crippen LogP contribution is 2.27. The number of imidazole rings is 1. The Morgan fingerprint density at radius 2 is 1.90 bits per heavy atom. The van der Waals surface area contributed by atoms with E-state index in [1.807, 2.05) is 13.8 Å². The maximum atomic E-state index is 13.3. The highest BCUT2D eigenvalue weighted by atomic mass is 32.2. The van der Waals surface area contributed by atoms with Crippen LogP contribution in [-0.2, 0) is 22.5 Å². The first-order chi connectivity index (χ1) is 14.6. The normalized spacial score (nSPS) is 16.4. The number of primary amides is 1. The molecular formula is C22H32N4O4S. The lowest BCUT2D eigenvalue weighted by atomic mass is 9.89. The van der Waals surface area contributed by atoms with E-state index in [1.54, 1.807) is 29.0 Å². The van der Waals surface area contributed by atoms with Crippen molar-refractivity contribution in [2.24, 2.45) is 17.1 Å². The van der Waals surface area contributed by atoms with Gasteiger partial charge in [0.25, 0.3) is 0 Å². The van der Waals surface area contributed by atoms with Crippen molar-refractivity contribution in [3.63, 3.8) is 0 Å². The molecule has 170 valence electrons. The Balaban J connectivity index is 1.96. The molecule has 1 heterocycles. The maximum absolute atomic E-state index is 13.3. The van der Waals surface area contributed by atoms with E-state index in [0.717, 1.165) is 30.3 Å². The van der Waals surface area contributed by atoms with Crippen LogP contribution in [0.5, 0.6) is 0 Å². The second kappa shape index (κ2) is 9.48. The number of aromatic nitrogens is 2. The molecule has 2 amide bonds. The lowest BCUT2D eigenvalue weighted by molar-refractivity contribution is -0.119. The SMILES string of the molecule is C[S+]([O-])c1ccc2c(c1)n(CC1CCCCC1)c(=O)n2C(=O)NCC(C)(C)CC(N)=O. The molecule has 31 heavy (non-hydrogen) atoms. The van der Waals surface area contributed by atoms with E-state index in [-0.39, 0.29) is 13.0 Å². The fourth-order valence-corrected chi connectivity index (χ4v) is 4.88. The fourth-order valence-electron chi connectivity index (χ4n) is 4.34. The number of carbonyl (C=O) groups excluding carboxylic acids is 2. The lowest BCUT2D eigenvalue weighted by Gasteiger charge is -2.23. The number of hydrogen-bond acceptors (Lipinski definition) is 4. The molecule has 9 heteroatoms. The van der Waals surface area contributed by atoms with Gasteiger partial charge in [-0.25, -0.2) is 14.2 Å². The number of nitrogens with zero attached hydrogens (tertiary/aromatic N) is 2. The molecule has 3 rings (SSSR count). The molecule has 1 fully saturated rings. The summed E-state index contributed by atoms with van der Waals surface area (Å²) in [5.41, 5.74) is 5.47. The van der Waals surface area contributed by atoms with Crippen LogP contribution in [0, 0.1) is 11.3 Å². The average Bonchev–Trinajstić information content (AvgIpc) is 2.97. The van der Waals surface area contributed by atoms with Crippen molar-refractivity contribution in [1.29, 1.82) is 0 Å². The lowest BCUT2D eigenvalue weighted by Crippen LogP contribution is -2.42.